The molecule has 3 atom stereocenters. The van der Waals surface area contributed by atoms with Crippen molar-refractivity contribution >= 4 is 83.2 Å². The van der Waals surface area contributed by atoms with E-state index < -0.39 is 78.6 Å². The fraction of sp³-hybridized carbons (Fsp3) is 0.683. The summed E-state index contributed by atoms with van der Waals surface area (Å²) in [6.07, 6.45) is 9.45. The van der Waals surface area contributed by atoms with Crippen LogP contribution in [0.4, 0.5) is 0 Å². The summed E-state index contributed by atoms with van der Waals surface area (Å²) in [5.41, 5.74) is 0.670. The van der Waals surface area contributed by atoms with E-state index in [4.69, 9.17) is 18.9 Å². The molecule has 0 spiro atoms. The highest BCUT2D eigenvalue weighted by atomic mass is 16.5. The summed E-state index contributed by atoms with van der Waals surface area (Å²) < 4.78 is 22.3. The molecule has 97 heavy (non-hydrogen) atoms. The number of likely N-dealkylation sites (tertiary alicyclic amines) is 1. The summed E-state index contributed by atoms with van der Waals surface area (Å²) in [4.78, 5) is 151. The topological polar surface area (TPSA) is 447 Å². The number of carboxylic acid groups (broad SMARTS) is 4. The molecule has 2 aliphatic heterocycles. The SMILES string of the molecule is CCCCCCCC(=O)NCCCCC(NC(=O)C(CCCCNC(=O)CN1CCN(CC(=O)O)CCN(CC(=O)O)CCN(CC(=O)O)CC1)NC(=O)CCOCCOCCOCCNC(=O)COc1ccc2c(C(=O)NCC(=O)N3CCCC3B(O)O)ccnc2c1)C(=O)O. The number of rotatable bonds is 47. The number of aliphatic carboxylic acids is 4. The molecular formula is C63H101BN12O21. The van der Waals surface area contributed by atoms with Crippen molar-refractivity contribution in [1.82, 2.24) is 61.4 Å². The summed E-state index contributed by atoms with van der Waals surface area (Å²) in [6.45, 7) is 4.08. The fourth-order valence-corrected chi connectivity index (χ4v) is 10.8. The van der Waals surface area contributed by atoms with Crippen LogP contribution >= 0.6 is 0 Å². The number of benzene rings is 1. The number of carbonyl (C=O) groups is 11. The minimum atomic E-state index is -1.67. The van der Waals surface area contributed by atoms with Crippen LogP contribution in [0, 0.1) is 0 Å². The smallest absolute Gasteiger partial charge is 0.475 e. The maximum Gasteiger partial charge on any atom is 0.475 e. The minimum absolute atomic E-state index is 0.0388. The molecule has 4 rings (SSSR count). The summed E-state index contributed by atoms with van der Waals surface area (Å²) in [7, 11) is -1.67. The van der Waals surface area contributed by atoms with Gasteiger partial charge in [0.15, 0.2) is 6.61 Å². The lowest BCUT2D eigenvalue weighted by Crippen LogP contribution is -2.51. The first-order chi connectivity index (χ1) is 46.6. The second-order valence-corrected chi connectivity index (χ2v) is 23.8. The minimum Gasteiger partial charge on any atom is -0.484 e. The number of amides is 7. The van der Waals surface area contributed by atoms with E-state index in [9.17, 15) is 83.2 Å². The van der Waals surface area contributed by atoms with E-state index in [1.54, 1.807) is 37.8 Å². The van der Waals surface area contributed by atoms with Gasteiger partial charge in [-0.25, -0.2) is 4.79 Å². The molecule has 3 unspecified atom stereocenters. The van der Waals surface area contributed by atoms with Gasteiger partial charge >= 0.3 is 31.0 Å². The molecule has 33 nitrogen and oxygen atoms in total. The van der Waals surface area contributed by atoms with Crippen LogP contribution in [0.15, 0.2) is 30.5 Å². The lowest BCUT2D eigenvalue weighted by Gasteiger charge is -2.32. The Kier molecular flexibility index (Phi) is 39.8. The number of nitrogens with zero attached hydrogens (tertiary/aromatic N) is 6. The first-order valence-corrected chi connectivity index (χ1v) is 33.5. The van der Waals surface area contributed by atoms with Gasteiger partial charge in [-0.15, -0.1) is 0 Å². The number of ether oxygens (including phenoxy) is 4. The molecule has 0 radical (unpaired) electrons. The van der Waals surface area contributed by atoms with Gasteiger partial charge in [0.1, 0.15) is 17.8 Å². The van der Waals surface area contributed by atoms with Gasteiger partial charge < -0.3 is 86.2 Å². The Labute approximate surface area is 565 Å². The maximum absolute atomic E-state index is 13.8. The molecule has 2 aliphatic rings. The Morgan fingerprint density at radius 2 is 1.10 bits per heavy atom. The lowest BCUT2D eigenvalue weighted by atomic mass is 9.78. The largest absolute Gasteiger partial charge is 0.484 e. The summed E-state index contributed by atoms with van der Waals surface area (Å²) in [5.74, 6) is -8.00. The Morgan fingerprint density at radius 1 is 0.557 bits per heavy atom. The van der Waals surface area contributed by atoms with Crippen molar-refractivity contribution in [2.24, 2.45) is 0 Å². The van der Waals surface area contributed by atoms with Crippen molar-refractivity contribution in [3.05, 3.63) is 36.0 Å². The molecule has 2 saturated heterocycles. The Morgan fingerprint density at radius 3 is 1.68 bits per heavy atom. The normalized spacial score (nSPS) is 15.8. The fourth-order valence-electron chi connectivity index (χ4n) is 10.8. The van der Waals surface area contributed by atoms with E-state index in [1.165, 1.54) is 17.2 Å². The molecule has 2 aromatic rings. The van der Waals surface area contributed by atoms with Crippen molar-refractivity contribution in [2.75, 3.05) is 158 Å². The third kappa shape index (κ3) is 34.9. The van der Waals surface area contributed by atoms with Crippen molar-refractivity contribution < 1.29 is 102 Å². The van der Waals surface area contributed by atoms with Crippen molar-refractivity contribution in [1.29, 1.82) is 0 Å². The molecule has 3 heterocycles. The number of carboxylic acids is 4. The van der Waals surface area contributed by atoms with Crippen LogP contribution in [0.2, 0.25) is 0 Å². The maximum atomic E-state index is 13.8. The van der Waals surface area contributed by atoms with Gasteiger partial charge in [0.05, 0.1) is 89.4 Å². The standard InChI is InChI=1S/C63H101BN12O21/c1-2-3-4-5-6-15-53(77)66-20-10-8-13-50(63(90)91)71-62(89)49(12-7-9-21-67-55(79)41-72-25-27-73(42-58(82)83)29-31-75(44-60(86)87)32-30-74(28-26-72)43-59(84)85)70-54(78)19-33-94-35-37-96-38-36-95-34-23-68-56(80)45-97-46-16-17-47-48(18-22-65-51(47)39-46)61(88)69-40-57(81)76-24-11-14-52(76)64(92)93/h16-18,22,39,49-50,52,92-93H,2-15,19-21,23-38,40-45H2,1H3,(H,66,77)(H,67,79)(H,68,80)(H,69,88)(H,70,78)(H,71,89)(H,82,83)(H,84,85)(H,86,87)(H,90,91). The molecule has 34 heteroatoms. The van der Waals surface area contributed by atoms with E-state index in [-0.39, 0.29) is 181 Å². The molecule has 0 aliphatic carbocycles. The molecule has 7 amide bonds. The third-order valence-corrected chi connectivity index (χ3v) is 16.1. The lowest BCUT2D eigenvalue weighted by molar-refractivity contribution is -0.142. The average Bonchev–Trinajstić information content (AvgIpc) is 0.875. The van der Waals surface area contributed by atoms with Gasteiger partial charge in [-0.2, -0.15) is 0 Å². The summed E-state index contributed by atoms with van der Waals surface area (Å²) >= 11 is 0. The second kappa shape index (κ2) is 47.3. The van der Waals surface area contributed by atoms with Crippen LogP contribution in [-0.2, 0) is 62.2 Å². The predicted molar refractivity (Wildman–Crippen MR) is 352 cm³/mol. The Balaban J connectivity index is 1.17. The zero-order valence-electron chi connectivity index (χ0n) is 55.8. The van der Waals surface area contributed by atoms with Gasteiger partial charge in [0.25, 0.3) is 11.8 Å². The first-order valence-electron chi connectivity index (χ1n) is 33.5. The summed E-state index contributed by atoms with van der Waals surface area (Å²) in [5, 5.41) is 74.6. The number of fused-ring (bicyclic) bond motifs is 1. The molecule has 12 N–H and O–H groups in total. The van der Waals surface area contributed by atoms with Gasteiger partial charge in [-0.1, -0.05) is 32.6 Å². The zero-order chi connectivity index (χ0) is 70.7. The van der Waals surface area contributed by atoms with Crippen LogP contribution in [-0.4, -0.2) is 308 Å². The Hall–Kier alpha value is -7.70. The summed E-state index contributed by atoms with van der Waals surface area (Å²) in [6, 6.07) is 3.82. The Bertz CT molecular complexity index is 2780. The highest BCUT2D eigenvalue weighted by Crippen LogP contribution is 2.23. The van der Waals surface area contributed by atoms with Crippen LogP contribution in [0.3, 0.4) is 0 Å². The molecular weight excluding hydrogens is 1270 g/mol. The van der Waals surface area contributed by atoms with Gasteiger partial charge in [-0.3, -0.25) is 72.5 Å². The predicted octanol–water partition coefficient (Wildman–Crippen LogP) is -1.63. The van der Waals surface area contributed by atoms with Gasteiger partial charge in [0, 0.05) is 109 Å². The molecule has 1 aromatic heterocycles. The van der Waals surface area contributed by atoms with Gasteiger partial charge in [-0.05, 0) is 76.0 Å². The van der Waals surface area contributed by atoms with Crippen LogP contribution in [0.1, 0.15) is 114 Å². The molecule has 2 fully saturated rings. The van der Waals surface area contributed by atoms with Crippen LogP contribution in [0.25, 0.3) is 10.9 Å². The van der Waals surface area contributed by atoms with E-state index >= 15 is 0 Å². The second-order valence-electron chi connectivity index (χ2n) is 23.8. The van der Waals surface area contributed by atoms with E-state index in [1.807, 2.05) is 0 Å². The quantitative estimate of drug-likeness (QED) is 0.0261. The first kappa shape index (κ1) is 81.7. The number of hydrogen-bond acceptors (Lipinski definition) is 22. The highest BCUT2D eigenvalue weighted by Gasteiger charge is 2.37. The number of carbonyl (C=O) groups excluding carboxylic acids is 7. The highest BCUT2D eigenvalue weighted by molar-refractivity contribution is 6.43. The number of aromatic nitrogens is 1. The molecule has 0 saturated carbocycles. The molecule has 0 bridgehead atoms. The van der Waals surface area contributed by atoms with Crippen molar-refractivity contribution in [2.45, 2.75) is 121 Å². The number of hydrogen-bond donors (Lipinski definition) is 12. The number of nitrogens with one attached hydrogen (secondary N) is 6. The average molecular weight is 1370 g/mol. The van der Waals surface area contributed by atoms with E-state index in [2.05, 4.69) is 43.8 Å². The van der Waals surface area contributed by atoms with Crippen LogP contribution < -0.4 is 36.6 Å². The monoisotopic (exact) mass is 1370 g/mol. The molecule has 1 aromatic carbocycles. The van der Waals surface area contributed by atoms with Crippen molar-refractivity contribution in [3.8, 4) is 5.75 Å². The molecule has 542 valence electrons. The number of unbranched alkanes of at least 4 members (excludes halogenated alkanes) is 6. The van der Waals surface area contributed by atoms with Crippen LogP contribution in [0.5, 0.6) is 5.75 Å². The van der Waals surface area contributed by atoms with E-state index in [0.29, 0.717) is 74.7 Å². The van der Waals surface area contributed by atoms with Gasteiger partial charge in [0.2, 0.25) is 29.5 Å². The third-order valence-electron chi connectivity index (χ3n) is 16.1. The number of pyridine rings is 1. The zero-order valence-corrected chi connectivity index (χ0v) is 55.8. The van der Waals surface area contributed by atoms with E-state index in [0.717, 1.165) is 32.1 Å². The van der Waals surface area contributed by atoms with Crippen molar-refractivity contribution in [3.63, 3.8) is 0 Å².